The molecule has 1 aliphatic rings. The first kappa shape index (κ1) is 17.5. The Morgan fingerprint density at radius 1 is 1.12 bits per heavy atom. The van der Waals surface area contributed by atoms with Crippen molar-refractivity contribution in [1.82, 2.24) is 9.97 Å². The van der Waals surface area contributed by atoms with E-state index in [1.54, 1.807) is 0 Å². The molecule has 1 aromatic carbocycles. The molecule has 1 N–H and O–H groups in total. The van der Waals surface area contributed by atoms with E-state index in [4.69, 9.17) is 4.74 Å². The average molecular weight is 351 g/mol. The van der Waals surface area contributed by atoms with Gasteiger partial charge in [0.25, 0.3) is 0 Å². The van der Waals surface area contributed by atoms with Gasteiger partial charge in [-0.05, 0) is 44.2 Å². The Morgan fingerprint density at radius 3 is 2.52 bits per heavy atom. The van der Waals surface area contributed by atoms with Crippen LogP contribution in [0.5, 0.6) is 5.88 Å². The van der Waals surface area contributed by atoms with E-state index >= 15 is 0 Å². The molecule has 1 aliphatic carbocycles. The fourth-order valence-corrected chi connectivity index (χ4v) is 2.89. The molecule has 2 aromatic rings. The zero-order valence-corrected chi connectivity index (χ0v) is 13.9. The molecule has 0 unspecified atom stereocenters. The number of hydrogen-bond donors (Lipinski definition) is 1. The first-order valence-electron chi connectivity index (χ1n) is 8.37. The van der Waals surface area contributed by atoms with E-state index in [2.05, 4.69) is 15.3 Å². The van der Waals surface area contributed by atoms with Crippen LogP contribution in [0.15, 0.2) is 30.5 Å². The fourth-order valence-electron chi connectivity index (χ4n) is 2.89. The summed E-state index contributed by atoms with van der Waals surface area (Å²) in [6, 6.07) is 7.43. The van der Waals surface area contributed by atoms with Gasteiger partial charge < -0.3 is 10.1 Å². The van der Waals surface area contributed by atoms with E-state index < -0.39 is 17.6 Å². The molecule has 1 heterocycles. The molecule has 0 aliphatic heterocycles. The summed E-state index contributed by atoms with van der Waals surface area (Å²) in [5.41, 5.74) is 0.750. The third kappa shape index (κ3) is 4.41. The van der Waals surface area contributed by atoms with Crippen LogP contribution >= 0.6 is 0 Å². The van der Waals surface area contributed by atoms with E-state index in [9.17, 15) is 13.2 Å². The number of aromatic nitrogens is 2. The highest BCUT2D eigenvalue weighted by Crippen LogP contribution is 2.37. The van der Waals surface area contributed by atoms with Crippen LogP contribution in [0.4, 0.5) is 24.8 Å². The summed E-state index contributed by atoms with van der Waals surface area (Å²) < 4.78 is 45.3. The number of alkyl halides is 3. The number of hydrogen-bond acceptors (Lipinski definition) is 4. The topological polar surface area (TPSA) is 47.0 Å². The summed E-state index contributed by atoms with van der Waals surface area (Å²) in [6.07, 6.45) is 0.531. The lowest BCUT2D eigenvalue weighted by molar-refractivity contribution is -0.140. The molecule has 4 nitrogen and oxygen atoms in total. The first-order chi connectivity index (χ1) is 11.9. The van der Waals surface area contributed by atoms with Gasteiger partial charge in [-0.3, -0.25) is 0 Å². The second-order valence-electron chi connectivity index (χ2n) is 6.23. The van der Waals surface area contributed by atoms with E-state index in [1.165, 1.54) is 0 Å². The summed E-state index contributed by atoms with van der Waals surface area (Å²) in [5.74, 6) is -0.307. The molecule has 134 valence electrons. The number of anilines is 2. The number of nitrogens with zero attached hydrogens (tertiary/aromatic N) is 2. The second kappa shape index (κ2) is 7.29. The quantitative estimate of drug-likeness (QED) is 0.816. The number of halogens is 3. The first-order valence-corrected chi connectivity index (χ1v) is 8.37. The minimum absolute atomic E-state index is 0.0908. The Kier molecular flexibility index (Phi) is 5.11. The predicted molar refractivity (Wildman–Crippen MR) is 89.0 cm³/mol. The van der Waals surface area contributed by atoms with Crippen molar-refractivity contribution in [2.45, 2.75) is 51.3 Å². The van der Waals surface area contributed by atoms with Gasteiger partial charge in [-0.1, -0.05) is 24.6 Å². The average Bonchev–Trinajstić information content (AvgIpc) is 2.57. The summed E-state index contributed by atoms with van der Waals surface area (Å²) in [4.78, 5) is 7.82. The maximum atomic E-state index is 13.2. The molecular weight excluding hydrogens is 331 g/mol. The lowest BCUT2D eigenvalue weighted by Crippen LogP contribution is -2.22. The highest BCUT2D eigenvalue weighted by Gasteiger charge is 2.37. The molecule has 0 saturated heterocycles. The molecule has 0 spiro atoms. The van der Waals surface area contributed by atoms with Gasteiger partial charge in [0.05, 0.1) is 0 Å². The van der Waals surface area contributed by atoms with E-state index in [1.807, 2.05) is 31.2 Å². The smallest absolute Gasteiger partial charge is 0.423 e. The Labute approximate surface area is 144 Å². The number of rotatable bonds is 4. The van der Waals surface area contributed by atoms with Crippen LogP contribution in [0, 0.1) is 6.92 Å². The Hall–Kier alpha value is -2.31. The van der Waals surface area contributed by atoms with Gasteiger partial charge in [0.2, 0.25) is 11.8 Å². The largest absolute Gasteiger partial charge is 0.474 e. The minimum atomic E-state index is -4.55. The van der Waals surface area contributed by atoms with E-state index in [0.717, 1.165) is 49.6 Å². The molecule has 1 aromatic heterocycles. The third-order valence-corrected chi connectivity index (χ3v) is 4.28. The Morgan fingerprint density at radius 2 is 1.84 bits per heavy atom. The predicted octanol–water partition coefficient (Wildman–Crippen LogP) is 5.26. The van der Waals surface area contributed by atoms with Gasteiger partial charge in [0, 0.05) is 11.9 Å². The monoisotopic (exact) mass is 351 g/mol. The standard InChI is InChI=1S/C18H20F3N3O/c1-12-7-5-6-10-15(12)23-17-22-11-14(18(19,20)21)16(24-17)25-13-8-3-2-4-9-13/h5-7,10-11,13H,2-4,8-9H2,1H3,(H,22,23,24). The molecule has 0 radical (unpaired) electrons. The molecule has 0 bridgehead atoms. The zero-order valence-electron chi connectivity index (χ0n) is 13.9. The normalized spacial score (nSPS) is 15.8. The molecular formula is C18H20F3N3O. The highest BCUT2D eigenvalue weighted by atomic mass is 19.4. The molecule has 7 heteroatoms. The fraction of sp³-hybridized carbons (Fsp3) is 0.444. The van der Waals surface area contributed by atoms with Crippen LogP contribution in [0.3, 0.4) is 0 Å². The van der Waals surface area contributed by atoms with Crippen LogP contribution in [0.25, 0.3) is 0 Å². The van der Waals surface area contributed by atoms with Crippen LogP contribution in [0.2, 0.25) is 0 Å². The highest BCUT2D eigenvalue weighted by molar-refractivity contribution is 5.58. The van der Waals surface area contributed by atoms with E-state index in [0.29, 0.717) is 0 Å². The molecule has 1 saturated carbocycles. The molecule has 0 atom stereocenters. The van der Waals surface area contributed by atoms with E-state index in [-0.39, 0.29) is 12.1 Å². The summed E-state index contributed by atoms with van der Waals surface area (Å²) in [5, 5.41) is 2.96. The van der Waals surface area contributed by atoms with Crippen molar-refractivity contribution < 1.29 is 17.9 Å². The van der Waals surface area contributed by atoms with Crippen LogP contribution in [-0.2, 0) is 6.18 Å². The van der Waals surface area contributed by atoms with Crippen molar-refractivity contribution in [3.05, 3.63) is 41.6 Å². The molecule has 3 rings (SSSR count). The zero-order chi connectivity index (χ0) is 17.9. The molecule has 1 fully saturated rings. The number of para-hydroxylation sites is 1. The van der Waals surface area contributed by atoms with Crippen molar-refractivity contribution in [3.8, 4) is 5.88 Å². The van der Waals surface area contributed by atoms with Crippen LogP contribution in [0.1, 0.15) is 43.2 Å². The maximum Gasteiger partial charge on any atom is 0.423 e. The maximum absolute atomic E-state index is 13.2. The summed E-state index contributed by atoms with van der Waals surface area (Å²) >= 11 is 0. The minimum Gasteiger partial charge on any atom is -0.474 e. The van der Waals surface area contributed by atoms with Crippen LogP contribution in [-0.4, -0.2) is 16.1 Å². The van der Waals surface area contributed by atoms with Crippen molar-refractivity contribution >= 4 is 11.6 Å². The van der Waals surface area contributed by atoms with Crippen molar-refractivity contribution in [3.63, 3.8) is 0 Å². The molecule has 0 amide bonds. The van der Waals surface area contributed by atoms with Crippen molar-refractivity contribution in [2.75, 3.05) is 5.32 Å². The van der Waals surface area contributed by atoms with Crippen molar-refractivity contribution in [2.24, 2.45) is 0 Å². The van der Waals surface area contributed by atoms with Crippen molar-refractivity contribution in [1.29, 1.82) is 0 Å². The Balaban J connectivity index is 1.88. The summed E-state index contributed by atoms with van der Waals surface area (Å²) in [7, 11) is 0. The lowest BCUT2D eigenvalue weighted by Gasteiger charge is -2.24. The lowest BCUT2D eigenvalue weighted by atomic mass is 9.98. The number of ether oxygens (including phenoxy) is 1. The number of aryl methyl sites for hydroxylation is 1. The number of nitrogens with one attached hydrogen (secondary N) is 1. The summed E-state index contributed by atoms with van der Waals surface area (Å²) in [6.45, 7) is 1.89. The van der Waals surface area contributed by atoms with Gasteiger partial charge >= 0.3 is 6.18 Å². The van der Waals surface area contributed by atoms with Gasteiger partial charge in [-0.2, -0.15) is 18.2 Å². The van der Waals surface area contributed by atoms with Gasteiger partial charge in [-0.25, -0.2) is 4.98 Å². The van der Waals surface area contributed by atoms with Gasteiger partial charge in [0.1, 0.15) is 11.7 Å². The Bertz CT molecular complexity index is 728. The van der Waals surface area contributed by atoms with Gasteiger partial charge in [-0.15, -0.1) is 0 Å². The second-order valence-corrected chi connectivity index (χ2v) is 6.23. The molecule has 25 heavy (non-hydrogen) atoms. The SMILES string of the molecule is Cc1ccccc1Nc1ncc(C(F)(F)F)c(OC2CCCCC2)n1. The third-order valence-electron chi connectivity index (χ3n) is 4.28. The number of benzene rings is 1. The van der Waals surface area contributed by atoms with Crippen LogP contribution < -0.4 is 10.1 Å². The van der Waals surface area contributed by atoms with Gasteiger partial charge in [0.15, 0.2) is 0 Å².